The average molecular weight is 602 g/mol. The van der Waals surface area contributed by atoms with Crippen molar-refractivity contribution in [1.29, 1.82) is 0 Å². The van der Waals surface area contributed by atoms with Crippen molar-refractivity contribution in [2.45, 2.75) is 6.18 Å². The van der Waals surface area contributed by atoms with Crippen LogP contribution in [-0.4, -0.2) is 28.0 Å². The molecule has 1 amide bonds. The zero-order valence-corrected chi connectivity index (χ0v) is 21.9. The Morgan fingerprint density at radius 1 is 0.927 bits per heavy atom. The van der Waals surface area contributed by atoms with Crippen molar-refractivity contribution in [2.75, 3.05) is 10.3 Å². The number of hydrogen-bond acceptors (Lipinski definition) is 6. The average Bonchev–Trinajstić information content (AvgIpc) is 3.19. The third-order valence-corrected chi connectivity index (χ3v) is 6.80. The number of nitrogens with one attached hydrogen (secondary N) is 1. The second-order valence-electron chi connectivity index (χ2n) is 8.64. The highest BCUT2D eigenvalue weighted by Gasteiger charge is 2.39. The van der Waals surface area contributed by atoms with E-state index < -0.39 is 23.8 Å². The topological polar surface area (TPSA) is 111 Å². The molecule has 0 fully saturated rings. The SMILES string of the molecule is O=C(O)Oc1cccc(-c2cccc(NN=C3C(=O)N(c4ccc(Cl)c(Cl)c4)c4cc(C(F)(F)F)ccc43)c2O)c1. The number of alkyl halides is 3. The first-order valence-corrected chi connectivity index (χ1v) is 12.4. The van der Waals surface area contributed by atoms with E-state index >= 15 is 0 Å². The summed E-state index contributed by atoms with van der Waals surface area (Å²) >= 11 is 12.1. The Kier molecular flexibility index (Phi) is 7.24. The number of phenols is 1. The molecule has 0 unspecified atom stereocenters. The fourth-order valence-corrected chi connectivity index (χ4v) is 4.52. The van der Waals surface area contributed by atoms with Crippen molar-refractivity contribution in [3.05, 3.63) is 100 Å². The standard InChI is InChI=1S/C28H16Cl2F3N3O5/c29-20-10-8-16(13-21(20)30)36-23-12-15(28(31,32)33)7-9-19(23)24(26(36)38)35-34-22-6-2-5-18(25(22)37)14-3-1-4-17(11-14)41-27(39)40/h1-13,34,37H,(H,39,40). The number of para-hydroxylation sites is 1. The second kappa shape index (κ2) is 10.7. The first kappa shape index (κ1) is 27.8. The van der Waals surface area contributed by atoms with Gasteiger partial charge in [-0.2, -0.15) is 18.3 Å². The Bertz CT molecular complexity index is 1740. The van der Waals surface area contributed by atoms with Crippen LogP contribution in [0.5, 0.6) is 11.5 Å². The van der Waals surface area contributed by atoms with E-state index in [-0.39, 0.29) is 55.4 Å². The van der Waals surface area contributed by atoms with Crippen molar-refractivity contribution >= 4 is 58.0 Å². The van der Waals surface area contributed by atoms with Gasteiger partial charge in [0.2, 0.25) is 0 Å². The van der Waals surface area contributed by atoms with Crippen LogP contribution in [0.2, 0.25) is 10.0 Å². The summed E-state index contributed by atoms with van der Waals surface area (Å²) in [7, 11) is 0. The van der Waals surface area contributed by atoms with E-state index in [0.717, 1.165) is 23.1 Å². The maximum atomic E-state index is 13.5. The van der Waals surface area contributed by atoms with Gasteiger partial charge in [-0.1, -0.05) is 47.5 Å². The van der Waals surface area contributed by atoms with Crippen LogP contribution in [0.4, 0.5) is 35.0 Å². The second-order valence-corrected chi connectivity index (χ2v) is 9.45. The van der Waals surface area contributed by atoms with Gasteiger partial charge in [-0.25, -0.2) is 4.79 Å². The van der Waals surface area contributed by atoms with E-state index in [1.54, 1.807) is 18.2 Å². The fraction of sp³-hybridized carbons (Fsp3) is 0.0357. The minimum Gasteiger partial charge on any atom is -0.505 e. The van der Waals surface area contributed by atoms with E-state index in [1.807, 2.05) is 0 Å². The van der Waals surface area contributed by atoms with Crippen LogP contribution in [0.3, 0.4) is 0 Å². The number of amides is 1. The molecular formula is C28H16Cl2F3N3O5. The number of hydrogen-bond donors (Lipinski definition) is 3. The number of nitrogens with zero attached hydrogens (tertiary/aromatic N) is 2. The predicted octanol–water partition coefficient (Wildman–Crippen LogP) is 7.94. The molecule has 0 saturated heterocycles. The van der Waals surface area contributed by atoms with Gasteiger partial charge in [0.1, 0.15) is 11.5 Å². The number of carboxylic acid groups (broad SMARTS) is 1. The van der Waals surface area contributed by atoms with Gasteiger partial charge in [-0.15, -0.1) is 0 Å². The number of rotatable bonds is 5. The van der Waals surface area contributed by atoms with Crippen LogP contribution in [0, 0.1) is 0 Å². The lowest BCUT2D eigenvalue weighted by atomic mass is 10.0. The summed E-state index contributed by atoms with van der Waals surface area (Å²) in [5.41, 5.74) is 2.40. The lowest BCUT2D eigenvalue weighted by Crippen LogP contribution is -2.26. The molecule has 0 radical (unpaired) electrons. The Morgan fingerprint density at radius 2 is 1.68 bits per heavy atom. The predicted molar refractivity (Wildman–Crippen MR) is 147 cm³/mol. The van der Waals surface area contributed by atoms with Crippen LogP contribution >= 0.6 is 23.2 Å². The van der Waals surface area contributed by atoms with Crippen LogP contribution in [0.25, 0.3) is 11.1 Å². The normalized spacial score (nSPS) is 13.8. The van der Waals surface area contributed by atoms with Gasteiger partial charge < -0.3 is 14.9 Å². The van der Waals surface area contributed by atoms with Gasteiger partial charge in [0.15, 0.2) is 5.71 Å². The first-order chi connectivity index (χ1) is 19.4. The third-order valence-electron chi connectivity index (χ3n) is 6.06. The van der Waals surface area contributed by atoms with Crippen molar-refractivity contribution in [3.8, 4) is 22.6 Å². The largest absolute Gasteiger partial charge is 0.511 e. The monoisotopic (exact) mass is 601 g/mol. The van der Waals surface area contributed by atoms with Crippen LogP contribution in [0.15, 0.2) is 84.0 Å². The molecule has 3 N–H and O–H groups in total. The smallest absolute Gasteiger partial charge is 0.505 e. The number of halogens is 5. The number of aromatic hydroxyl groups is 1. The molecule has 4 aromatic rings. The molecule has 4 aromatic carbocycles. The van der Waals surface area contributed by atoms with Gasteiger partial charge >= 0.3 is 12.3 Å². The number of hydrazone groups is 1. The van der Waals surface area contributed by atoms with Gasteiger partial charge in [-0.05, 0) is 60.2 Å². The molecule has 0 aromatic heterocycles. The van der Waals surface area contributed by atoms with Crippen LogP contribution in [-0.2, 0) is 11.0 Å². The number of fused-ring (bicyclic) bond motifs is 1. The summed E-state index contributed by atoms with van der Waals surface area (Å²) in [4.78, 5) is 25.4. The van der Waals surface area contributed by atoms with E-state index in [2.05, 4.69) is 15.3 Å². The molecule has 0 saturated carbocycles. The molecule has 0 bridgehead atoms. The zero-order valence-electron chi connectivity index (χ0n) is 20.4. The maximum absolute atomic E-state index is 13.5. The van der Waals surface area contributed by atoms with E-state index in [9.17, 15) is 27.9 Å². The van der Waals surface area contributed by atoms with Crippen LogP contribution < -0.4 is 15.1 Å². The lowest BCUT2D eigenvalue weighted by molar-refractivity contribution is -0.137. The highest BCUT2D eigenvalue weighted by atomic mass is 35.5. The molecule has 8 nitrogen and oxygen atoms in total. The summed E-state index contributed by atoms with van der Waals surface area (Å²) in [6.45, 7) is 0. The summed E-state index contributed by atoms with van der Waals surface area (Å²) < 4.78 is 45.2. The van der Waals surface area contributed by atoms with Gasteiger partial charge in [-0.3, -0.25) is 15.1 Å². The Balaban J connectivity index is 1.54. The Morgan fingerprint density at radius 3 is 2.39 bits per heavy atom. The Hall–Kier alpha value is -4.74. The van der Waals surface area contributed by atoms with Crippen molar-refractivity contribution < 1.29 is 37.7 Å². The number of phenolic OH excluding ortho intramolecular Hbond substituents is 1. The number of benzene rings is 4. The lowest BCUT2D eigenvalue weighted by Gasteiger charge is -2.18. The minimum atomic E-state index is -4.67. The molecule has 41 heavy (non-hydrogen) atoms. The van der Waals surface area contributed by atoms with Gasteiger partial charge in [0.25, 0.3) is 5.91 Å². The molecule has 208 valence electrons. The van der Waals surface area contributed by atoms with Crippen LogP contribution in [0.1, 0.15) is 11.1 Å². The molecule has 0 atom stereocenters. The minimum absolute atomic E-state index is 0.0294. The van der Waals surface area contributed by atoms with Crippen molar-refractivity contribution in [3.63, 3.8) is 0 Å². The van der Waals surface area contributed by atoms with Gasteiger partial charge in [0, 0.05) is 11.1 Å². The molecule has 1 aliphatic heterocycles. The zero-order chi connectivity index (χ0) is 29.5. The molecule has 5 rings (SSSR count). The molecule has 1 heterocycles. The number of carbonyl (C=O) groups excluding carboxylic acids is 1. The number of anilines is 3. The Labute approximate surface area is 239 Å². The number of carbonyl (C=O) groups is 2. The molecular weight excluding hydrogens is 586 g/mol. The third kappa shape index (κ3) is 5.49. The van der Waals surface area contributed by atoms with E-state index in [0.29, 0.717) is 5.56 Å². The summed E-state index contributed by atoms with van der Waals surface area (Å²) in [5, 5.41) is 24.2. The number of ether oxygens (including phenoxy) is 1. The maximum Gasteiger partial charge on any atom is 0.511 e. The summed E-state index contributed by atoms with van der Waals surface area (Å²) in [5.74, 6) is -1.01. The van der Waals surface area contributed by atoms with Gasteiger partial charge in [0.05, 0.1) is 32.7 Å². The molecule has 0 spiro atoms. The van der Waals surface area contributed by atoms with E-state index in [4.69, 9.17) is 28.3 Å². The van der Waals surface area contributed by atoms with Crippen molar-refractivity contribution in [2.24, 2.45) is 5.10 Å². The van der Waals surface area contributed by atoms with Crippen molar-refractivity contribution in [1.82, 2.24) is 0 Å². The summed E-state index contributed by atoms with van der Waals surface area (Å²) in [6.07, 6.45) is -6.17. The first-order valence-electron chi connectivity index (χ1n) is 11.6. The molecule has 13 heteroatoms. The fourth-order valence-electron chi connectivity index (χ4n) is 4.22. The molecule has 0 aliphatic carbocycles. The highest BCUT2D eigenvalue weighted by molar-refractivity contribution is 6.56. The summed E-state index contributed by atoms with van der Waals surface area (Å²) in [6, 6.07) is 17.6. The quantitative estimate of drug-likeness (QED) is 0.0926. The highest BCUT2D eigenvalue weighted by Crippen LogP contribution is 2.42. The van der Waals surface area contributed by atoms with E-state index in [1.165, 1.54) is 42.5 Å². The molecule has 1 aliphatic rings.